The molecule has 0 radical (unpaired) electrons. The minimum absolute atomic E-state index is 0.0478. The number of fused-ring (bicyclic) bond motifs is 1. The van der Waals surface area contributed by atoms with Crippen LogP contribution in [0, 0.1) is 5.92 Å². The summed E-state index contributed by atoms with van der Waals surface area (Å²) in [7, 11) is 3.67. The molecule has 2 aliphatic rings. The highest BCUT2D eigenvalue weighted by Crippen LogP contribution is 2.35. The Balaban J connectivity index is 1.68. The van der Waals surface area contributed by atoms with Crippen LogP contribution >= 0.6 is 11.3 Å². The van der Waals surface area contributed by atoms with Crippen LogP contribution in [0.1, 0.15) is 16.8 Å². The predicted octanol–water partition coefficient (Wildman–Crippen LogP) is 0.639. The largest absolute Gasteiger partial charge is 0.358 e. The lowest BCUT2D eigenvalue weighted by Crippen LogP contribution is -2.45. The molecule has 1 N–H and O–H groups in total. The van der Waals surface area contributed by atoms with Crippen molar-refractivity contribution in [3.8, 4) is 0 Å². The van der Waals surface area contributed by atoms with Crippen molar-refractivity contribution in [1.29, 1.82) is 0 Å². The number of amides is 2. The van der Waals surface area contributed by atoms with Gasteiger partial charge >= 0.3 is 0 Å². The van der Waals surface area contributed by atoms with Gasteiger partial charge in [-0.3, -0.25) is 14.5 Å². The first-order valence-electron chi connectivity index (χ1n) is 6.87. The topological polar surface area (TPSA) is 52.7 Å². The fraction of sp³-hybridized carbons (Fsp3) is 0.571. The number of rotatable bonds is 2. The summed E-state index contributed by atoms with van der Waals surface area (Å²) in [4.78, 5) is 28.2. The molecule has 2 fully saturated rings. The quantitative estimate of drug-likeness (QED) is 0.870. The first-order chi connectivity index (χ1) is 9.61. The average molecular weight is 293 g/mol. The van der Waals surface area contributed by atoms with Gasteiger partial charge in [0.25, 0.3) is 5.91 Å². The fourth-order valence-corrected chi connectivity index (χ4v) is 4.05. The van der Waals surface area contributed by atoms with E-state index >= 15 is 0 Å². The van der Waals surface area contributed by atoms with Crippen molar-refractivity contribution in [3.63, 3.8) is 0 Å². The maximum atomic E-state index is 12.4. The van der Waals surface area contributed by atoms with E-state index in [2.05, 4.69) is 10.2 Å². The normalized spacial score (nSPS) is 29.5. The Labute approximate surface area is 122 Å². The monoisotopic (exact) mass is 293 g/mol. The van der Waals surface area contributed by atoms with E-state index in [4.69, 9.17) is 0 Å². The average Bonchev–Trinajstić information content (AvgIpc) is 3.15. The first-order valence-corrected chi connectivity index (χ1v) is 7.81. The summed E-state index contributed by atoms with van der Waals surface area (Å²) in [6.45, 7) is 1.49. The molecule has 0 spiro atoms. The Morgan fingerprint density at radius 1 is 1.40 bits per heavy atom. The molecule has 3 rings (SSSR count). The van der Waals surface area contributed by atoms with Crippen LogP contribution in [0.5, 0.6) is 0 Å². The van der Waals surface area contributed by atoms with Crippen molar-refractivity contribution in [1.82, 2.24) is 15.1 Å². The Bertz CT molecular complexity index is 516. The highest BCUT2D eigenvalue weighted by Gasteiger charge is 2.47. The zero-order valence-corrected chi connectivity index (χ0v) is 12.5. The number of hydrogen-bond acceptors (Lipinski definition) is 4. The molecule has 0 aromatic carbocycles. The van der Waals surface area contributed by atoms with Gasteiger partial charge in [0.15, 0.2) is 0 Å². The molecule has 1 aromatic rings. The summed E-state index contributed by atoms with van der Waals surface area (Å²) >= 11 is 1.55. The molecule has 20 heavy (non-hydrogen) atoms. The zero-order chi connectivity index (χ0) is 14.3. The summed E-state index contributed by atoms with van der Waals surface area (Å²) in [5.41, 5.74) is 0.778. The second kappa shape index (κ2) is 5.18. The molecule has 2 amide bonds. The minimum atomic E-state index is -0.0478. The SMILES string of the molecule is CNC(=O)[C@H]1C[C@@H]2CN(C(=O)c3ccsc3)C[C@@H]2N1C. The van der Waals surface area contributed by atoms with E-state index in [1.54, 1.807) is 18.4 Å². The third-order valence-corrected chi connectivity index (χ3v) is 5.23. The van der Waals surface area contributed by atoms with E-state index < -0.39 is 0 Å². The highest BCUT2D eigenvalue weighted by molar-refractivity contribution is 7.08. The van der Waals surface area contributed by atoms with Crippen LogP contribution in [-0.2, 0) is 4.79 Å². The Morgan fingerprint density at radius 2 is 2.20 bits per heavy atom. The first kappa shape index (κ1) is 13.6. The molecule has 3 atom stereocenters. The summed E-state index contributed by atoms with van der Waals surface area (Å²) in [5.74, 6) is 0.605. The molecule has 3 heterocycles. The molecule has 6 heteroatoms. The highest BCUT2D eigenvalue weighted by atomic mass is 32.1. The molecule has 0 saturated carbocycles. The third-order valence-electron chi connectivity index (χ3n) is 4.55. The molecule has 2 saturated heterocycles. The lowest BCUT2D eigenvalue weighted by Gasteiger charge is -2.25. The van der Waals surface area contributed by atoms with Gasteiger partial charge in [0.05, 0.1) is 11.6 Å². The van der Waals surface area contributed by atoms with Crippen LogP contribution in [0.2, 0.25) is 0 Å². The van der Waals surface area contributed by atoms with Gasteiger partial charge in [-0.25, -0.2) is 0 Å². The molecule has 0 unspecified atom stereocenters. The molecule has 5 nitrogen and oxygen atoms in total. The van der Waals surface area contributed by atoms with E-state index in [0.717, 1.165) is 25.1 Å². The third kappa shape index (κ3) is 2.13. The van der Waals surface area contributed by atoms with Gasteiger partial charge in [-0.2, -0.15) is 11.3 Å². The predicted molar refractivity (Wildman–Crippen MR) is 77.7 cm³/mol. The van der Waals surface area contributed by atoms with Crippen molar-refractivity contribution < 1.29 is 9.59 Å². The summed E-state index contributed by atoms with van der Waals surface area (Å²) < 4.78 is 0. The van der Waals surface area contributed by atoms with Gasteiger partial charge in [0.2, 0.25) is 5.91 Å². The standard InChI is InChI=1S/C14H19N3O2S/c1-15-13(18)11-5-10-6-17(7-12(10)16(11)2)14(19)9-3-4-20-8-9/h3-4,8,10-12H,5-7H2,1-2H3,(H,15,18)/t10-,11-,12+/m1/s1. The van der Waals surface area contributed by atoms with E-state index in [0.29, 0.717) is 12.0 Å². The van der Waals surface area contributed by atoms with Gasteiger partial charge in [-0.1, -0.05) is 0 Å². The van der Waals surface area contributed by atoms with Crippen molar-refractivity contribution in [3.05, 3.63) is 22.4 Å². The van der Waals surface area contributed by atoms with Gasteiger partial charge in [-0.15, -0.1) is 0 Å². The van der Waals surface area contributed by atoms with Crippen LogP contribution < -0.4 is 5.32 Å². The number of carbonyl (C=O) groups is 2. The van der Waals surface area contributed by atoms with Crippen molar-refractivity contribution >= 4 is 23.2 Å². The summed E-state index contributed by atoms with van der Waals surface area (Å²) in [5, 5.41) is 6.55. The minimum Gasteiger partial charge on any atom is -0.358 e. The molecule has 2 aliphatic heterocycles. The van der Waals surface area contributed by atoms with Crippen molar-refractivity contribution in [2.45, 2.75) is 18.5 Å². The number of nitrogens with one attached hydrogen (secondary N) is 1. The second-order valence-electron chi connectivity index (χ2n) is 5.58. The summed E-state index contributed by atoms with van der Waals surface area (Å²) in [6, 6.07) is 2.13. The van der Waals surface area contributed by atoms with Crippen molar-refractivity contribution in [2.75, 3.05) is 27.2 Å². The van der Waals surface area contributed by atoms with Gasteiger partial charge in [0, 0.05) is 31.6 Å². The van der Waals surface area contributed by atoms with Gasteiger partial charge < -0.3 is 10.2 Å². The van der Waals surface area contributed by atoms with E-state index in [1.807, 2.05) is 28.8 Å². The molecular formula is C14H19N3O2S. The van der Waals surface area contributed by atoms with Crippen LogP contribution in [0.4, 0.5) is 0 Å². The van der Waals surface area contributed by atoms with Crippen LogP contribution in [0.15, 0.2) is 16.8 Å². The number of likely N-dealkylation sites (N-methyl/N-ethyl adjacent to an activating group) is 2. The van der Waals surface area contributed by atoms with Gasteiger partial charge in [-0.05, 0) is 30.8 Å². The van der Waals surface area contributed by atoms with E-state index in [-0.39, 0.29) is 17.9 Å². The van der Waals surface area contributed by atoms with Crippen molar-refractivity contribution in [2.24, 2.45) is 5.92 Å². The number of thiophene rings is 1. The number of likely N-dealkylation sites (tertiary alicyclic amines) is 2. The summed E-state index contributed by atoms with van der Waals surface area (Å²) in [6.07, 6.45) is 0.842. The Morgan fingerprint density at radius 3 is 2.80 bits per heavy atom. The van der Waals surface area contributed by atoms with Crippen LogP contribution in [-0.4, -0.2) is 60.9 Å². The van der Waals surface area contributed by atoms with E-state index in [1.165, 1.54) is 0 Å². The smallest absolute Gasteiger partial charge is 0.254 e. The zero-order valence-electron chi connectivity index (χ0n) is 11.7. The lowest BCUT2D eigenvalue weighted by atomic mass is 10.0. The maximum absolute atomic E-state index is 12.4. The number of nitrogens with zero attached hydrogens (tertiary/aromatic N) is 2. The Kier molecular flexibility index (Phi) is 3.52. The molecule has 1 aromatic heterocycles. The Hall–Kier alpha value is -1.40. The molecule has 0 bridgehead atoms. The molecular weight excluding hydrogens is 274 g/mol. The number of carbonyl (C=O) groups excluding carboxylic acids is 2. The molecule has 108 valence electrons. The van der Waals surface area contributed by atoms with E-state index in [9.17, 15) is 9.59 Å². The van der Waals surface area contributed by atoms with Gasteiger partial charge in [0.1, 0.15) is 0 Å². The fourth-order valence-electron chi connectivity index (χ4n) is 3.42. The second-order valence-corrected chi connectivity index (χ2v) is 6.36. The van der Waals surface area contributed by atoms with Crippen LogP contribution in [0.25, 0.3) is 0 Å². The molecule has 0 aliphatic carbocycles. The van der Waals surface area contributed by atoms with Crippen LogP contribution in [0.3, 0.4) is 0 Å². The lowest BCUT2D eigenvalue weighted by molar-refractivity contribution is -0.125. The number of hydrogen-bond donors (Lipinski definition) is 1. The maximum Gasteiger partial charge on any atom is 0.254 e.